The Balaban J connectivity index is 0.000000706. The van der Waals surface area contributed by atoms with Crippen molar-refractivity contribution in [3.63, 3.8) is 0 Å². The van der Waals surface area contributed by atoms with E-state index in [-0.39, 0.29) is 41.2 Å². The van der Waals surface area contributed by atoms with E-state index < -0.39 is 0 Å². The Hall–Kier alpha value is -1.00. The first kappa shape index (κ1) is 21.7. The second kappa shape index (κ2) is 7.68. The molecule has 0 radical (unpaired) electrons. The monoisotopic (exact) mass is 390 g/mol. The molecule has 0 unspecified atom stereocenters. The molecule has 4 rings (SSSR count). The van der Waals surface area contributed by atoms with Gasteiger partial charge < -0.3 is 10.2 Å². The number of carbonyl (C=O) groups is 2. The lowest BCUT2D eigenvalue weighted by Crippen LogP contribution is -2.58. The van der Waals surface area contributed by atoms with Gasteiger partial charge in [0.1, 0.15) is 5.78 Å². The summed E-state index contributed by atoms with van der Waals surface area (Å²) in [6.45, 7) is 10.5. The number of hydrogen-bond donors (Lipinski definition) is 2. The second-order valence-electron chi connectivity index (χ2n) is 10.3. The van der Waals surface area contributed by atoms with Gasteiger partial charge in [-0.1, -0.05) is 26.3 Å². The van der Waals surface area contributed by atoms with Gasteiger partial charge in [0.25, 0.3) is 0 Å². The van der Waals surface area contributed by atoms with Crippen LogP contribution in [0.25, 0.3) is 0 Å². The number of aliphatic hydroxyl groups is 2. The number of carbonyl (C=O) groups excluding carboxylic acids is 2. The molecule has 0 aliphatic heterocycles. The summed E-state index contributed by atoms with van der Waals surface area (Å²) in [4.78, 5) is 24.3. The van der Waals surface area contributed by atoms with Crippen LogP contribution in [0.5, 0.6) is 0 Å². The van der Waals surface area contributed by atoms with Crippen LogP contribution < -0.4 is 0 Å². The minimum absolute atomic E-state index is 0.0474. The summed E-state index contributed by atoms with van der Waals surface area (Å²) >= 11 is 0. The van der Waals surface area contributed by atoms with Gasteiger partial charge in [-0.25, -0.2) is 0 Å². The van der Waals surface area contributed by atoms with Crippen LogP contribution in [0.2, 0.25) is 0 Å². The van der Waals surface area contributed by atoms with Gasteiger partial charge in [0.05, 0.1) is 6.10 Å². The highest BCUT2D eigenvalue weighted by Crippen LogP contribution is 2.67. The maximum atomic E-state index is 12.2. The van der Waals surface area contributed by atoms with Gasteiger partial charge in [-0.15, -0.1) is 0 Å². The van der Waals surface area contributed by atoms with Gasteiger partial charge in [0, 0.05) is 18.9 Å². The molecule has 4 heteroatoms. The van der Waals surface area contributed by atoms with Crippen LogP contribution in [0.1, 0.15) is 73.1 Å². The highest BCUT2D eigenvalue weighted by Gasteiger charge is 2.63. The van der Waals surface area contributed by atoms with Gasteiger partial charge in [-0.2, -0.15) is 0 Å². The first-order chi connectivity index (χ1) is 13.1. The van der Waals surface area contributed by atoms with E-state index in [0.717, 1.165) is 32.1 Å². The van der Waals surface area contributed by atoms with E-state index in [1.807, 2.05) is 6.08 Å². The summed E-state index contributed by atoms with van der Waals surface area (Å²) in [6, 6.07) is 0. The maximum absolute atomic E-state index is 12.2. The molecule has 0 saturated heterocycles. The van der Waals surface area contributed by atoms with E-state index in [1.54, 1.807) is 13.8 Å². The molecule has 4 aliphatic carbocycles. The number of rotatable bonds is 1. The third-order valence-corrected chi connectivity index (χ3v) is 8.70. The molecule has 0 spiro atoms. The molecule has 8 atom stereocenters. The van der Waals surface area contributed by atoms with E-state index in [1.165, 1.54) is 5.57 Å². The SMILES string of the molecule is CC(=O)[C@H]1CC[C@H]2[C@@H]3C[C@H](C)C4=CC(=O)CC[C@]4(C)[C@H]3[C@@H](O)C[C@]12C.CCO. The average molecular weight is 391 g/mol. The molecule has 0 aromatic heterocycles. The Bertz CT molecular complexity index is 668. The van der Waals surface area contributed by atoms with Gasteiger partial charge in [0.2, 0.25) is 0 Å². The highest BCUT2D eigenvalue weighted by molar-refractivity contribution is 5.91. The molecule has 28 heavy (non-hydrogen) atoms. The van der Waals surface area contributed by atoms with E-state index in [0.29, 0.717) is 30.0 Å². The van der Waals surface area contributed by atoms with Gasteiger partial charge in [-0.05, 0) is 86.5 Å². The normalized spacial score (nSPS) is 47.1. The first-order valence-corrected chi connectivity index (χ1v) is 11.1. The fraction of sp³-hybridized carbons (Fsp3) is 0.833. The molecule has 0 aromatic carbocycles. The second-order valence-corrected chi connectivity index (χ2v) is 10.3. The van der Waals surface area contributed by atoms with Crippen molar-refractivity contribution in [3.05, 3.63) is 11.6 Å². The molecule has 158 valence electrons. The van der Waals surface area contributed by atoms with E-state index in [2.05, 4.69) is 20.8 Å². The molecule has 0 bridgehead atoms. The van der Waals surface area contributed by atoms with E-state index >= 15 is 0 Å². The Kier molecular flexibility index (Phi) is 5.95. The molecule has 0 aromatic rings. The van der Waals surface area contributed by atoms with Crippen molar-refractivity contribution in [1.29, 1.82) is 0 Å². The Labute approximate surface area is 169 Å². The third-order valence-electron chi connectivity index (χ3n) is 8.70. The van der Waals surface area contributed by atoms with Crippen LogP contribution in [0.4, 0.5) is 0 Å². The molecule has 0 amide bonds. The largest absolute Gasteiger partial charge is 0.397 e. The maximum Gasteiger partial charge on any atom is 0.155 e. The lowest BCUT2D eigenvalue weighted by Gasteiger charge is -2.61. The molecule has 3 fully saturated rings. The van der Waals surface area contributed by atoms with Gasteiger partial charge in [-0.3, -0.25) is 9.59 Å². The number of fused-ring (bicyclic) bond motifs is 5. The summed E-state index contributed by atoms with van der Waals surface area (Å²) in [6.07, 6.45) is 6.93. The Morgan fingerprint density at radius 3 is 2.54 bits per heavy atom. The number of hydrogen-bond acceptors (Lipinski definition) is 4. The molecule has 2 N–H and O–H groups in total. The summed E-state index contributed by atoms with van der Waals surface area (Å²) in [5, 5.41) is 18.8. The Morgan fingerprint density at radius 2 is 1.93 bits per heavy atom. The minimum atomic E-state index is -0.361. The van der Waals surface area contributed by atoms with Crippen molar-refractivity contribution in [2.45, 2.75) is 79.2 Å². The predicted molar refractivity (Wildman–Crippen MR) is 110 cm³/mol. The van der Waals surface area contributed by atoms with Crippen LogP contribution in [-0.2, 0) is 9.59 Å². The van der Waals surface area contributed by atoms with Crippen LogP contribution in [-0.4, -0.2) is 34.5 Å². The number of Topliss-reactive ketones (excluding diaryl/α,β-unsaturated/α-hetero) is 1. The standard InChI is InChI=1S/C22H32O3.C2H6O/c1-12-9-15-17-6-5-16(13(2)23)22(17,4)11-19(25)20(15)21(3)8-7-14(24)10-18(12)21;1-2-3/h10,12,15-17,19-20,25H,5-9,11H2,1-4H3;3H,2H2,1H3/t12-,15-,16+,17-,19-,20+,21-,22+;/m0./s1. The van der Waals surface area contributed by atoms with Crippen molar-refractivity contribution in [2.24, 2.45) is 40.4 Å². The van der Waals surface area contributed by atoms with Crippen LogP contribution in [0.15, 0.2) is 11.6 Å². The molecule has 0 heterocycles. The van der Waals surface area contributed by atoms with Crippen molar-refractivity contribution >= 4 is 11.6 Å². The molecule has 4 nitrogen and oxygen atoms in total. The summed E-state index contributed by atoms with van der Waals surface area (Å²) in [5.41, 5.74) is 1.19. The minimum Gasteiger partial charge on any atom is -0.397 e. The van der Waals surface area contributed by atoms with Gasteiger partial charge in [0.15, 0.2) is 5.78 Å². The number of allylic oxidation sites excluding steroid dienone is 1. The Morgan fingerprint density at radius 1 is 1.29 bits per heavy atom. The van der Waals surface area contributed by atoms with Crippen LogP contribution >= 0.6 is 0 Å². The lowest BCUT2D eigenvalue weighted by molar-refractivity contribution is -0.147. The molecular formula is C24H38O4. The highest BCUT2D eigenvalue weighted by atomic mass is 16.3. The number of aliphatic hydroxyl groups excluding tert-OH is 2. The van der Waals surface area contributed by atoms with Crippen molar-refractivity contribution in [3.8, 4) is 0 Å². The third kappa shape index (κ3) is 3.21. The topological polar surface area (TPSA) is 74.6 Å². The zero-order chi connectivity index (χ0) is 20.9. The zero-order valence-electron chi connectivity index (χ0n) is 18.2. The van der Waals surface area contributed by atoms with Crippen LogP contribution in [0, 0.1) is 40.4 Å². The number of ketones is 2. The average Bonchev–Trinajstić information content (AvgIpc) is 2.94. The quantitative estimate of drug-likeness (QED) is 0.711. The first-order valence-electron chi connectivity index (χ1n) is 11.1. The van der Waals surface area contributed by atoms with E-state index in [4.69, 9.17) is 5.11 Å². The zero-order valence-corrected chi connectivity index (χ0v) is 18.2. The summed E-state index contributed by atoms with van der Waals surface area (Å²) < 4.78 is 0. The molecule has 3 saturated carbocycles. The van der Waals surface area contributed by atoms with Crippen molar-refractivity contribution in [1.82, 2.24) is 0 Å². The fourth-order valence-corrected chi connectivity index (χ4v) is 7.79. The van der Waals surface area contributed by atoms with Gasteiger partial charge >= 0.3 is 0 Å². The van der Waals surface area contributed by atoms with Crippen molar-refractivity contribution < 1.29 is 19.8 Å². The molecular weight excluding hydrogens is 352 g/mol. The summed E-state index contributed by atoms with van der Waals surface area (Å²) in [5.74, 6) is 2.33. The van der Waals surface area contributed by atoms with Crippen molar-refractivity contribution in [2.75, 3.05) is 6.61 Å². The van der Waals surface area contributed by atoms with E-state index in [9.17, 15) is 14.7 Å². The lowest BCUT2D eigenvalue weighted by atomic mass is 9.44. The fourth-order valence-electron chi connectivity index (χ4n) is 7.79. The molecule has 4 aliphatic rings. The predicted octanol–water partition coefficient (Wildman–Crippen LogP) is 3.94. The van der Waals surface area contributed by atoms with Crippen LogP contribution in [0.3, 0.4) is 0 Å². The summed E-state index contributed by atoms with van der Waals surface area (Å²) in [7, 11) is 0. The smallest absolute Gasteiger partial charge is 0.155 e.